The van der Waals surface area contributed by atoms with Gasteiger partial charge in [-0.05, 0) is 49.9 Å². The van der Waals surface area contributed by atoms with Gasteiger partial charge in [-0.1, -0.05) is 35.9 Å². The lowest BCUT2D eigenvalue weighted by Gasteiger charge is -2.29. The van der Waals surface area contributed by atoms with Crippen LogP contribution in [0, 0.1) is 0 Å². The number of halogens is 1. The average Bonchev–Trinajstić information content (AvgIpc) is 3.33. The van der Waals surface area contributed by atoms with E-state index >= 15 is 0 Å². The van der Waals surface area contributed by atoms with E-state index < -0.39 is 0 Å². The van der Waals surface area contributed by atoms with Gasteiger partial charge in [-0.15, -0.1) is 11.3 Å². The van der Waals surface area contributed by atoms with Crippen LogP contribution in [0.3, 0.4) is 0 Å². The van der Waals surface area contributed by atoms with Gasteiger partial charge in [-0.3, -0.25) is 9.59 Å². The second kappa shape index (κ2) is 11.4. The highest BCUT2D eigenvalue weighted by Gasteiger charge is 2.25. The van der Waals surface area contributed by atoms with Crippen molar-refractivity contribution in [2.45, 2.75) is 44.4 Å². The topological polar surface area (TPSA) is 89.6 Å². The number of hydrogen-bond acceptors (Lipinski definition) is 6. The molecule has 1 aromatic heterocycles. The number of nitrogens with zero attached hydrogens (tertiary/aromatic N) is 1. The summed E-state index contributed by atoms with van der Waals surface area (Å²) in [5, 5.41) is 9.01. The van der Waals surface area contributed by atoms with E-state index in [0.29, 0.717) is 32.8 Å². The predicted octanol–water partition coefficient (Wildman–Crippen LogP) is 4.86. The maximum absolute atomic E-state index is 12.7. The Kier molecular flexibility index (Phi) is 8.03. The van der Waals surface area contributed by atoms with E-state index in [2.05, 4.69) is 15.6 Å². The summed E-state index contributed by atoms with van der Waals surface area (Å²) in [7, 11) is 1.59. The smallest absolute Gasteiger partial charge is 0.270 e. The van der Waals surface area contributed by atoms with E-state index in [-0.39, 0.29) is 30.5 Å². The van der Waals surface area contributed by atoms with Crippen LogP contribution in [0.4, 0.5) is 0 Å². The lowest BCUT2D eigenvalue weighted by molar-refractivity contribution is 0.0889. The summed E-state index contributed by atoms with van der Waals surface area (Å²) in [6.45, 7) is 0.258. The Morgan fingerprint density at radius 1 is 0.971 bits per heavy atom. The van der Waals surface area contributed by atoms with Gasteiger partial charge in [0.25, 0.3) is 11.8 Å². The summed E-state index contributed by atoms with van der Waals surface area (Å²) in [6, 6.07) is 14.5. The molecule has 34 heavy (non-hydrogen) atoms. The fraction of sp³-hybridized carbons (Fsp3) is 0.320. The Hall–Kier alpha value is -3.10. The van der Waals surface area contributed by atoms with Crippen LogP contribution in [0.5, 0.6) is 11.5 Å². The lowest BCUT2D eigenvalue weighted by Crippen LogP contribution is -2.43. The van der Waals surface area contributed by atoms with Crippen molar-refractivity contribution >= 4 is 34.8 Å². The van der Waals surface area contributed by atoms with Crippen molar-refractivity contribution in [3.8, 4) is 11.5 Å². The van der Waals surface area contributed by atoms with Crippen molar-refractivity contribution in [2.75, 3.05) is 7.11 Å². The Morgan fingerprint density at radius 2 is 1.59 bits per heavy atom. The summed E-state index contributed by atoms with van der Waals surface area (Å²) in [6.07, 6.45) is 3.15. The van der Waals surface area contributed by atoms with E-state index in [1.807, 2.05) is 24.3 Å². The minimum Gasteiger partial charge on any atom is -0.493 e. The molecule has 1 aliphatic carbocycles. The number of ether oxygens (including phenoxy) is 2. The minimum absolute atomic E-state index is 0.0518. The van der Waals surface area contributed by atoms with Crippen molar-refractivity contribution in [3.05, 3.63) is 75.2 Å². The highest BCUT2D eigenvalue weighted by Crippen LogP contribution is 2.27. The minimum atomic E-state index is -0.191. The molecule has 1 fully saturated rings. The van der Waals surface area contributed by atoms with Gasteiger partial charge in [0.1, 0.15) is 17.3 Å². The zero-order valence-electron chi connectivity index (χ0n) is 18.8. The quantitative estimate of drug-likeness (QED) is 0.462. The standard InChI is InChI=1S/C25H26ClN3O4S/c1-32-21-8-4-5-9-22(21)33-14-23-29-20(15-34-23)25(31)28-17-12-10-16(11-13-17)27-24(30)18-6-2-3-7-19(18)26/h2-9,15-17H,10-14H2,1H3,(H,27,30)(H,28,31). The molecule has 9 heteroatoms. The number of methoxy groups -OCH3 is 1. The second-order valence-corrected chi connectivity index (χ2v) is 9.39. The molecule has 0 bridgehead atoms. The molecule has 1 heterocycles. The summed E-state index contributed by atoms with van der Waals surface area (Å²) in [4.78, 5) is 29.6. The van der Waals surface area contributed by atoms with Crippen LogP contribution in [-0.2, 0) is 6.61 Å². The van der Waals surface area contributed by atoms with Crippen LogP contribution < -0.4 is 20.1 Å². The molecule has 1 saturated carbocycles. The zero-order chi connectivity index (χ0) is 23.9. The van der Waals surface area contributed by atoms with E-state index in [4.69, 9.17) is 21.1 Å². The first-order valence-electron chi connectivity index (χ1n) is 11.1. The Morgan fingerprint density at radius 3 is 2.26 bits per heavy atom. The average molecular weight is 500 g/mol. The molecule has 0 atom stereocenters. The molecule has 7 nitrogen and oxygen atoms in total. The van der Waals surface area contributed by atoms with Crippen molar-refractivity contribution < 1.29 is 19.1 Å². The monoisotopic (exact) mass is 499 g/mol. The first-order valence-corrected chi connectivity index (χ1v) is 12.4. The number of carbonyl (C=O) groups is 2. The number of rotatable bonds is 8. The Balaban J connectivity index is 1.23. The SMILES string of the molecule is COc1ccccc1OCc1nc(C(=O)NC2CCC(NC(=O)c3ccccc3Cl)CC2)cs1. The molecule has 0 unspecified atom stereocenters. The van der Waals surface area contributed by atoms with Gasteiger partial charge >= 0.3 is 0 Å². The molecular weight excluding hydrogens is 474 g/mol. The van der Waals surface area contributed by atoms with Gasteiger partial charge in [0.05, 0.1) is 17.7 Å². The molecule has 4 rings (SSSR count). The van der Waals surface area contributed by atoms with Gasteiger partial charge in [0, 0.05) is 17.5 Å². The van der Waals surface area contributed by atoms with Crippen LogP contribution in [0.2, 0.25) is 5.02 Å². The number of benzene rings is 2. The third-order valence-corrected chi connectivity index (χ3v) is 6.87. The fourth-order valence-electron chi connectivity index (χ4n) is 3.91. The molecule has 178 valence electrons. The van der Waals surface area contributed by atoms with Crippen molar-refractivity contribution in [1.29, 1.82) is 0 Å². The number of thiazole rings is 1. The molecule has 3 aromatic rings. The van der Waals surface area contributed by atoms with E-state index in [1.165, 1.54) is 11.3 Å². The number of aromatic nitrogens is 1. The van der Waals surface area contributed by atoms with Gasteiger partial charge in [0.2, 0.25) is 0 Å². The van der Waals surface area contributed by atoms with E-state index in [1.54, 1.807) is 36.8 Å². The number of amides is 2. The van der Waals surface area contributed by atoms with E-state index in [9.17, 15) is 9.59 Å². The van der Waals surface area contributed by atoms with Crippen LogP contribution in [0.15, 0.2) is 53.9 Å². The molecule has 1 aliphatic rings. The zero-order valence-corrected chi connectivity index (χ0v) is 20.3. The van der Waals surface area contributed by atoms with E-state index in [0.717, 1.165) is 25.7 Å². The van der Waals surface area contributed by atoms with Gasteiger partial charge in [-0.2, -0.15) is 0 Å². The Labute approximate surface area is 207 Å². The summed E-state index contributed by atoms with van der Waals surface area (Å²) < 4.78 is 11.1. The normalized spacial score (nSPS) is 17.6. The molecule has 2 N–H and O–H groups in total. The molecule has 2 amide bonds. The predicted molar refractivity (Wildman–Crippen MR) is 132 cm³/mol. The molecule has 0 aliphatic heterocycles. The molecule has 2 aromatic carbocycles. The van der Waals surface area contributed by atoms with Crippen molar-refractivity contribution in [3.63, 3.8) is 0 Å². The van der Waals surface area contributed by atoms with Crippen molar-refractivity contribution in [2.24, 2.45) is 0 Å². The van der Waals surface area contributed by atoms with Gasteiger partial charge in [-0.25, -0.2) is 4.98 Å². The molecular formula is C25H26ClN3O4S. The number of para-hydroxylation sites is 2. The molecule has 0 spiro atoms. The third-order valence-electron chi connectivity index (χ3n) is 5.72. The largest absolute Gasteiger partial charge is 0.493 e. The summed E-state index contributed by atoms with van der Waals surface area (Å²) in [5.74, 6) is 0.923. The second-order valence-electron chi connectivity index (χ2n) is 8.04. The maximum atomic E-state index is 12.7. The number of carbonyl (C=O) groups excluding carboxylic acids is 2. The highest BCUT2D eigenvalue weighted by molar-refractivity contribution is 7.09. The Bertz CT molecular complexity index is 1140. The molecule has 0 saturated heterocycles. The maximum Gasteiger partial charge on any atom is 0.270 e. The van der Waals surface area contributed by atoms with Crippen LogP contribution in [0.25, 0.3) is 0 Å². The number of nitrogens with one attached hydrogen (secondary N) is 2. The van der Waals surface area contributed by atoms with Gasteiger partial charge < -0.3 is 20.1 Å². The summed E-state index contributed by atoms with van der Waals surface area (Å²) in [5.41, 5.74) is 0.867. The fourth-order valence-corrected chi connectivity index (χ4v) is 4.82. The van der Waals surface area contributed by atoms with Crippen LogP contribution >= 0.6 is 22.9 Å². The summed E-state index contributed by atoms with van der Waals surface area (Å²) >= 11 is 7.50. The van der Waals surface area contributed by atoms with Crippen LogP contribution in [0.1, 0.15) is 51.5 Å². The lowest BCUT2D eigenvalue weighted by atomic mass is 9.91. The van der Waals surface area contributed by atoms with Crippen molar-refractivity contribution in [1.82, 2.24) is 15.6 Å². The number of hydrogen-bond donors (Lipinski definition) is 2. The third kappa shape index (κ3) is 6.07. The first kappa shape index (κ1) is 24.0. The van der Waals surface area contributed by atoms with Crippen LogP contribution in [-0.4, -0.2) is 36.0 Å². The highest BCUT2D eigenvalue weighted by atomic mass is 35.5. The first-order chi connectivity index (χ1) is 16.5. The molecule has 0 radical (unpaired) electrons. The van der Waals surface area contributed by atoms with Gasteiger partial charge in [0.15, 0.2) is 11.5 Å².